The summed E-state index contributed by atoms with van der Waals surface area (Å²) >= 11 is 0. The minimum absolute atomic E-state index is 0. The van der Waals surface area contributed by atoms with E-state index in [1.54, 1.807) is 0 Å². The number of furan rings is 1. The van der Waals surface area contributed by atoms with Gasteiger partial charge in [0, 0.05) is 37.1 Å². The van der Waals surface area contributed by atoms with Crippen LogP contribution in [0.5, 0.6) is 0 Å². The van der Waals surface area contributed by atoms with Crippen LogP contribution in [0.1, 0.15) is 62.4 Å². The second kappa shape index (κ2) is 12.0. The molecule has 0 fully saturated rings. The van der Waals surface area contributed by atoms with Crippen LogP contribution < -0.4 is 0 Å². The van der Waals surface area contributed by atoms with E-state index in [0.29, 0.717) is 0 Å². The zero-order valence-corrected chi connectivity index (χ0v) is 25.6. The number of aromatic nitrogens is 1. The summed E-state index contributed by atoms with van der Waals surface area (Å²) < 4.78 is 6.21. The molecule has 0 aliphatic carbocycles. The van der Waals surface area contributed by atoms with Crippen LogP contribution in [0, 0.1) is 33.8 Å². The van der Waals surface area contributed by atoms with Gasteiger partial charge >= 0.3 is 0 Å². The summed E-state index contributed by atoms with van der Waals surface area (Å²) in [6, 6.07) is 16.5. The fourth-order valence-electron chi connectivity index (χ4n) is 4.33. The quantitative estimate of drug-likeness (QED) is 0.135. The van der Waals surface area contributed by atoms with Crippen LogP contribution in [-0.2, 0) is 30.3 Å². The Morgan fingerprint density at radius 3 is 2.08 bits per heavy atom. The first-order valence-electron chi connectivity index (χ1n) is 12.1. The second-order valence-corrected chi connectivity index (χ2v) is 10.6. The van der Waals surface area contributed by atoms with Crippen molar-refractivity contribution in [1.82, 2.24) is 4.98 Å². The second-order valence-electron chi connectivity index (χ2n) is 10.6. The first kappa shape index (κ1) is 30.2. The number of nitrogens with zero attached hydrogens (tertiary/aromatic N) is 1. The predicted molar refractivity (Wildman–Crippen MR) is 148 cm³/mol. The molecule has 0 saturated heterocycles. The van der Waals surface area contributed by atoms with Gasteiger partial charge in [-0.1, -0.05) is 52.8 Å². The van der Waals surface area contributed by atoms with Crippen LogP contribution in [0.2, 0.25) is 0 Å². The topological polar surface area (TPSA) is 63.3 Å². The summed E-state index contributed by atoms with van der Waals surface area (Å²) in [5.74, 6) is 0.839. The van der Waals surface area contributed by atoms with Gasteiger partial charge in [-0.25, -0.2) is 0 Å². The third-order valence-corrected chi connectivity index (χ3v) is 5.89. The number of aliphatic hydroxyl groups is 1. The minimum atomic E-state index is -0.125. The molecular weight excluding hydrogens is 639 g/mol. The maximum absolute atomic E-state index is 10.0. The molecule has 5 heteroatoms. The monoisotopic (exact) mass is 675 g/mol. The van der Waals surface area contributed by atoms with Crippen molar-refractivity contribution in [2.75, 3.05) is 0 Å². The van der Waals surface area contributed by atoms with Crippen molar-refractivity contribution in [1.29, 1.82) is 0 Å². The van der Waals surface area contributed by atoms with Gasteiger partial charge in [0.05, 0.1) is 12.0 Å². The molecule has 0 aliphatic heterocycles. The largest absolute Gasteiger partial charge is 0.512 e. The zero-order valence-electron chi connectivity index (χ0n) is 23.2. The standard InChI is InChI=1S/C27H28NO.C5H8O2.Ir/c1-16-8-17(2)10-20(9-16)23-13-21-14-24(29-25(21)15-28-23)26-18(3)11-22(12-19(26)4)27(5,6)7;1-4(6)3-5(2)7;/h8-9,11-15H,1-7H3;3,6H,1-2H3;/q-1;;/b;4-3-;. The van der Waals surface area contributed by atoms with E-state index in [9.17, 15) is 4.79 Å². The Morgan fingerprint density at radius 1 is 0.973 bits per heavy atom. The van der Waals surface area contributed by atoms with Crippen molar-refractivity contribution in [3.63, 3.8) is 0 Å². The van der Waals surface area contributed by atoms with Crippen molar-refractivity contribution in [3.8, 4) is 22.6 Å². The van der Waals surface area contributed by atoms with Crippen LogP contribution in [0.3, 0.4) is 0 Å². The number of ketones is 1. The number of carbonyl (C=O) groups excluding carboxylic acids is 1. The molecule has 0 spiro atoms. The summed E-state index contributed by atoms with van der Waals surface area (Å²) in [5.41, 5.74) is 10.2. The van der Waals surface area contributed by atoms with E-state index in [2.05, 4.69) is 95.9 Å². The normalized spacial score (nSPS) is 11.5. The van der Waals surface area contributed by atoms with Gasteiger partial charge in [0.2, 0.25) is 0 Å². The number of benzene rings is 2. The average Bonchev–Trinajstić information content (AvgIpc) is 3.14. The molecule has 2 aromatic carbocycles. The Balaban J connectivity index is 0.000000532. The van der Waals surface area contributed by atoms with Crippen molar-refractivity contribution in [3.05, 3.63) is 88.3 Å². The Morgan fingerprint density at radius 2 is 1.59 bits per heavy atom. The molecule has 2 aromatic heterocycles. The average molecular weight is 675 g/mol. The summed E-state index contributed by atoms with van der Waals surface area (Å²) in [4.78, 5) is 14.7. The van der Waals surface area contributed by atoms with Crippen molar-refractivity contribution < 1.29 is 34.4 Å². The molecule has 197 valence electrons. The van der Waals surface area contributed by atoms with Gasteiger partial charge in [-0.05, 0) is 61.6 Å². The van der Waals surface area contributed by atoms with Gasteiger partial charge in [0.1, 0.15) is 5.76 Å². The van der Waals surface area contributed by atoms with Crippen molar-refractivity contribution in [2.45, 2.75) is 67.7 Å². The molecule has 0 amide bonds. The van der Waals surface area contributed by atoms with E-state index in [4.69, 9.17) is 9.52 Å². The maximum atomic E-state index is 10.0. The number of carbonyl (C=O) groups is 1. The first-order valence-corrected chi connectivity index (χ1v) is 12.1. The zero-order chi connectivity index (χ0) is 26.8. The smallest absolute Gasteiger partial charge is 0.155 e. The van der Waals surface area contributed by atoms with Gasteiger partial charge < -0.3 is 14.5 Å². The minimum Gasteiger partial charge on any atom is -0.512 e. The summed E-state index contributed by atoms with van der Waals surface area (Å²) in [6.45, 7) is 18.1. The fraction of sp³-hybridized carbons (Fsp3) is 0.312. The molecule has 0 saturated carbocycles. The molecule has 4 aromatic rings. The fourth-order valence-corrected chi connectivity index (χ4v) is 4.33. The number of pyridine rings is 1. The van der Waals surface area contributed by atoms with Crippen LogP contribution >= 0.6 is 0 Å². The van der Waals surface area contributed by atoms with E-state index >= 15 is 0 Å². The van der Waals surface area contributed by atoms with Crippen LogP contribution in [-0.4, -0.2) is 15.9 Å². The van der Waals surface area contributed by atoms with Gasteiger partial charge in [-0.3, -0.25) is 4.79 Å². The molecule has 1 N–H and O–H groups in total. The molecule has 0 unspecified atom stereocenters. The summed E-state index contributed by atoms with van der Waals surface area (Å²) in [7, 11) is 0. The van der Waals surface area contributed by atoms with Gasteiger partial charge in [-0.2, -0.15) is 0 Å². The van der Waals surface area contributed by atoms with Gasteiger partial charge in [0.15, 0.2) is 11.4 Å². The van der Waals surface area contributed by atoms with E-state index in [1.165, 1.54) is 47.7 Å². The summed E-state index contributed by atoms with van der Waals surface area (Å²) in [6.07, 6.45) is 2.99. The molecular formula is C32H36IrNO3-. The Bertz CT molecular complexity index is 1410. The Kier molecular flexibility index (Phi) is 9.82. The van der Waals surface area contributed by atoms with Crippen LogP contribution in [0.15, 0.2) is 58.8 Å². The van der Waals surface area contributed by atoms with Crippen molar-refractivity contribution in [2.24, 2.45) is 0 Å². The van der Waals surface area contributed by atoms with Crippen LogP contribution in [0.4, 0.5) is 0 Å². The van der Waals surface area contributed by atoms with Gasteiger partial charge in [-0.15, -0.1) is 34.9 Å². The number of allylic oxidation sites excluding steroid dienone is 2. The molecule has 1 radical (unpaired) electrons. The molecule has 37 heavy (non-hydrogen) atoms. The first-order chi connectivity index (χ1) is 16.7. The third-order valence-electron chi connectivity index (χ3n) is 5.89. The molecule has 0 atom stereocenters. The Hall–Kier alpha value is -3.01. The molecule has 2 heterocycles. The number of fused-ring (bicyclic) bond motifs is 1. The van der Waals surface area contributed by atoms with E-state index in [1.807, 2.05) is 6.20 Å². The number of hydrogen-bond acceptors (Lipinski definition) is 4. The molecule has 4 rings (SSSR count). The van der Waals surface area contributed by atoms with Gasteiger partial charge in [0.25, 0.3) is 0 Å². The molecule has 4 nitrogen and oxygen atoms in total. The Labute approximate surface area is 234 Å². The van der Waals surface area contributed by atoms with E-state index < -0.39 is 0 Å². The number of hydrogen-bond donors (Lipinski definition) is 1. The third kappa shape index (κ3) is 7.74. The SMILES string of the molecule is CC(=O)/C=C(/C)O.Cc1[c-]c(-c2cc3cc(-c4c(C)cc(C(C)(C)C)cc4C)oc3cn2)cc(C)c1.[Ir]. The summed E-state index contributed by atoms with van der Waals surface area (Å²) in [5, 5.41) is 9.43. The number of rotatable bonds is 3. The van der Waals surface area contributed by atoms with Crippen molar-refractivity contribution >= 4 is 16.8 Å². The molecule has 0 aliphatic rings. The van der Waals surface area contributed by atoms with E-state index in [0.717, 1.165) is 33.6 Å². The molecule has 0 bridgehead atoms. The number of aliphatic hydroxyl groups excluding tert-OH is 1. The predicted octanol–water partition coefficient (Wildman–Crippen LogP) is 8.53. The number of aryl methyl sites for hydroxylation is 4. The maximum Gasteiger partial charge on any atom is 0.155 e. The van der Waals surface area contributed by atoms with Crippen LogP contribution in [0.25, 0.3) is 33.6 Å². The van der Waals surface area contributed by atoms with E-state index in [-0.39, 0.29) is 37.1 Å².